The Hall–Kier alpha value is -3.44. The van der Waals surface area contributed by atoms with E-state index in [1.54, 1.807) is 0 Å². The Morgan fingerprint density at radius 2 is 1.57 bits per heavy atom. The van der Waals surface area contributed by atoms with Crippen molar-refractivity contribution in [2.45, 2.75) is 25.8 Å². The molecule has 1 saturated heterocycles. The van der Waals surface area contributed by atoms with Gasteiger partial charge in [-0.1, -0.05) is 67.6 Å². The summed E-state index contributed by atoms with van der Waals surface area (Å²) >= 11 is 0. The van der Waals surface area contributed by atoms with Gasteiger partial charge in [-0.15, -0.1) is 0 Å². The van der Waals surface area contributed by atoms with Crippen LogP contribution in [0.5, 0.6) is 0 Å². The first kappa shape index (κ1) is 23.3. The zero-order valence-electron chi connectivity index (χ0n) is 20.2. The van der Waals surface area contributed by atoms with Gasteiger partial charge in [0.05, 0.1) is 0 Å². The van der Waals surface area contributed by atoms with Crippen molar-refractivity contribution in [1.82, 2.24) is 14.4 Å². The van der Waals surface area contributed by atoms with Crippen molar-refractivity contribution in [2.75, 3.05) is 32.7 Å². The third-order valence-electron chi connectivity index (χ3n) is 7.21. The van der Waals surface area contributed by atoms with E-state index in [4.69, 9.17) is 0 Å². The molecule has 0 radical (unpaired) electrons. The van der Waals surface area contributed by atoms with E-state index in [9.17, 15) is 9.18 Å². The highest BCUT2D eigenvalue weighted by Gasteiger charge is 2.27. The molecule has 3 aromatic carbocycles. The number of aromatic nitrogens is 1. The molecule has 0 N–H and O–H groups in total. The summed E-state index contributed by atoms with van der Waals surface area (Å²) in [6.45, 7) is 7.29. The molecule has 0 saturated carbocycles. The number of benzene rings is 3. The predicted octanol–water partition coefficient (Wildman–Crippen LogP) is 5.51. The van der Waals surface area contributed by atoms with Crippen LogP contribution in [0.1, 0.15) is 36.0 Å². The van der Waals surface area contributed by atoms with E-state index in [1.807, 2.05) is 29.2 Å². The van der Waals surface area contributed by atoms with E-state index in [1.165, 1.54) is 17.7 Å². The average molecular weight is 470 g/mol. The highest BCUT2D eigenvalue weighted by Crippen LogP contribution is 2.35. The minimum Gasteiger partial charge on any atom is -0.343 e. The van der Waals surface area contributed by atoms with Crippen LogP contribution < -0.4 is 0 Å². The summed E-state index contributed by atoms with van der Waals surface area (Å²) in [6, 6.07) is 25.4. The van der Waals surface area contributed by atoms with Crippen LogP contribution in [0, 0.1) is 5.82 Å². The van der Waals surface area contributed by atoms with Gasteiger partial charge in [-0.3, -0.25) is 4.79 Å². The molecule has 1 atom stereocenters. The first-order valence-electron chi connectivity index (χ1n) is 12.5. The Balaban J connectivity index is 1.51. The van der Waals surface area contributed by atoms with Gasteiger partial charge in [0, 0.05) is 62.2 Å². The molecule has 35 heavy (non-hydrogen) atoms. The van der Waals surface area contributed by atoms with E-state index in [0.717, 1.165) is 61.3 Å². The Bertz CT molecular complexity index is 1270. The quantitative estimate of drug-likeness (QED) is 0.357. The van der Waals surface area contributed by atoms with Gasteiger partial charge in [-0.2, -0.15) is 0 Å². The fourth-order valence-corrected chi connectivity index (χ4v) is 5.18. The molecular formula is C30H32FN3O. The minimum atomic E-state index is -0.263. The zero-order valence-corrected chi connectivity index (χ0v) is 20.2. The third-order valence-corrected chi connectivity index (χ3v) is 7.21. The molecule has 4 nitrogen and oxygen atoms in total. The number of nitrogens with zero attached hydrogens (tertiary/aromatic N) is 3. The van der Waals surface area contributed by atoms with Crippen LogP contribution in [-0.2, 0) is 11.3 Å². The zero-order chi connectivity index (χ0) is 24.2. The fourth-order valence-electron chi connectivity index (χ4n) is 5.18. The summed E-state index contributed by atoms with van der Waals surface area (Å²) in [7, 11) is 0. The number of piperazine rings is 1. The van der Waals surface area contributed by atoms with Gasteiger partial charge in [-0.25, -0.2) is 4.39 Å². The molecule has 1 aromatic heterocycles. The van der Waals surface area contributed by atoms with Gasteiger partial charge in [0.1, 0.15) is 5.82 Å². The third kappa shape index (κ3) is 5.15. The summed E-state index contributed by atoms with van der Waals surface area (Å²) in [6.07, 6.45) is 2.56. The van der Waals surface area contributed by atoms with Crippen molar-refractivity contribution >= 4 is 16.8 Å². The van der Waals surface area contributed by atoms with Gasteiger partial charge >= 0.3 is 0 Å². The lowest BCUT2D eigenvalue weighted by Gasteiger charge is -2.34. The largest absolute Gasteiger partial charge is 0.343 e. The monoisotopic (exact) mass is 469 g/mol. The summed E-state index contributed by atoms with van der Waals surface area (Å²) in [5.74, 6) is -0.245. The van der Waals surface area contributed by atoms with Crippen molar-refractivity contribution < 1.29 is 9.18 Å². The van der Waals surface area contributed by atoms with Crippen LogP contribution in [0.2, 0.25) is 0 Å². The number of para-hydroxylation sites is 1. The Labute approximate surface area is 206 Å². The van der Waals surface area contributed by atoms with Gasteiger partial charge < -0.3 is 14.4 Å². The number of carbonyl (C=O) groups excluding carboxylic acids is 1. The molecule has 180 valence electrons. The molecule has 0 unspecified atom stereocenters. The van der Waals surface area contributed by atoms with E-state index in [-0.39, 0.29) is 17.6 Å². The highest BCUT2D eigenvalue weighted by atomic mass is 19.1. The average Bonchev–Trinajstić information content (AvgIpc) is 3.26. The smallest absolute Gasteiger partial charge is 0.223 e. The van der Waals surface area contributed by atoms with Crippen LogP contribution in [-0.4, -0.2) is 53.0 Å². The summed E-state index contributed by atoms with van der Waals surface area (Å²) in [5.41, 5.74) is 4.45. The molecule has 1 fully saturated rings. The van der Waals surface area contributed by atoms with Crippen LogP contribution >= 0.6 is 0 Å². The molecular weight excluding hydrogens is 437 g/mol. The Kier molecular flexibility index (Phi) is 6.96. The van der Waals surface area contributed by atoms with Crippen molar-refractivity contribution in [1.29, 1.82) is 0 Å². The minimum absolute atomic E-state index is 0.144. The number of fused-ring (bicyclic) bond motifs is 1. The molecule has 2 heterocycles. The summed E-state index contributed by atoms with van der Waals surface area (Å²) in [5, 5.41) is 1.14. The van der Waals surface area contributed by atoms with Crippen LogP contribution in [0.15, 0.2) is 85.1 Å². The topological polar surface area (TPSA) is 28.5 Å². The molecule has 5 heteroatoms. The van der Waals surface area contributed by atoms with Crippen molar-refractivity contribution in [3.63, 3.8) is 0 Å². The summed E-state index contributed by atoms with van der Waals surface area (Å²) < 4.78 is 16.1. The lowest BCUT2D eigenvalue weighted by atomic mass is 9.87. The van der Waals surface area contributed by atoms with Crippen molar-refractivity contribution in [3.05, 3.63) is 108 Å². The molecule has 0 aliphatic carbocycles. The molecule has 5 rings (SSSR count). The highest BCUT2D eigenvalue weighted by molar-refractivity contribution is 5.87. The second kappa shape index (κ2) is 10.4. The molecule has 1 amide bonds. The second-order valence-electron chi connectivity index (χ2n) is 9.34. The number of amides is 1. The van der Waals surface area contributed by atoms with Crippen LogP contribution in [0.3, 0.4) is 0 Å². The number of likely N-dealkylation sites (N-methyl/N-ethyl adjacent to an activating group) is 1. The van der Waals surface area contributed by atoms with E-state index in [0.29, 0.717) is 6.42 Å². The summed E-state index contributed by atoms with van der Waals surface area (Å²) in [4.78, 5) is 17.8. The van der Waals surface area contributed by atoms with Gasteiger partial charge in [0.15, 0.2) is 0 Å². The van der Waals surface area contributed by atoms with Crippen molar-refractivity contribution in [2.24, 2.45) is 0 Å². The van der Waals surface area contributed by atoms with E-state index >= 15 is 0 Å². The maximum Gasteiger partial charge on any atom is 0.223 e. The molecule has 0 spiro atoms. The van der Waals surface area contributed by atoms with Gasteiger partial charge in [0.2, 0.25) is 5.91 Å². The second-order valence-corrected chi connectivity index (χ2v) is 9.34. The number of rotatable bonds is 7. The van der Waals surface area contributed by atoms with Crippen LogP contribution in [0.25, 0.3) is 10.9 Å². The first-order valence-corrected chi connectivity index (χ1v) is 12.5. The maximum absolute atomic E-state index is 13.8. The maximum atomic E-state index is 13.8. The normalized spacial score (nSPS) is 15.4. The van der Waals surface area contributed by atoms with Crippen LogP contribution in [0.4, 0.5) is 4.39 Å². The van der Waals surface area contributed by atoms with Crippen molar-refractivity contribution in [3.8, 4) is 0 Å². The van der Waals surface area contributed by atoms with Gasteiger partial charge in [-0.05, 0) is 41.4 Å². The Morgan fingerprint density at radius 3 is 2.29 bits per heavy atom. The molecule has 1 aliphatic heterocycles. The number of carbonyl (C=O) groups is 1. The number of hydrogen-bond donors (Lipinski definition) is 0. The molecule has 4 aromatic rings. The lowest BCUT2D eigenvalue weighted by Crippen LogP contribution is -2.48. The predicted molar refractivity (Wildman–Crippen MR) is 139 cm³/mol. The molecule has 1 aliphatic rings. The molecule has 0 bridgehead atoms. The lowest BCUT2D eigenvalue weighted by molar-refractivity contribution is -0.133. The Morgan fingerprint density at radius 1 is 0.886 bits per heavy atom. The SMILES string of the molecule is CCN1CCN(C(=O)C[C@H](c2ccc(F)cc2)c2cn(Cc3ccccc3)c3ccccc23)CC1. The van der Waals surface area contributed by atoms with E-state index < -0.39 is 0 Å². The number of halogens is 1. The standard InChI is InChI=1S/C30H32FN3O/c1-2-32-16-18-33(19-17-32)30(35)20-27(24-12-14-25(31)15-13-24)28-22-34(21-23-8-4-3-5-9-23)29-11-7-6-10-26(28)29/h3-15,22,27H,2,16-21H2,1H3/t27-/m1/s1. The first-order chi connectivity index (χ1) is 17.1. The number of hydrogen-bond acceptors (Lipinski definition) is 2. The van der Waals surface area contributed by atoms with E-state index in [2.05, 4.69) is 65.1 Å². The fraction of sp³-hybridized carbons (Fsp3) is 0.300. The van der Waals surface area contributed by atoms with Gasteiger partial charge in [0.25, 0.3) is 0 Å².